The van der Waals surface area contributed by atoms with Crippen molar-refractivity contribution in [2.45, 2.75) is 44.6 Å². The highest BCUT2D eigenvalue weighted by atomic mass is 35.5. The molecule has 1 heterocycles. The first kappa shape index (κ1) is 14.6. The smallest absolute Gasteiger partial charge is 0.317 e. The van der Waals surface area contributed by atoms with Crippen molar-refractivity contribution in [3.05, 3.63) is 34.9 Å². The predicted octanol–water partition coefficient (Wildman–Crippen LogP) is 4.03. The van der Waals surface area contributed by atoms with Gasteiger partial charge in [-0.2, -0.15) is 0 Å². The van der Waals surface area contributed by atoms with Gasteiger partial charge in [-0.3, -0.25) is 9.59 Å². The van der Waals surface area contributed by atoms with Crippen LogP contribution in [0.25, 0.3) is 0 Å². The minimum atomic E-state index is -0.630. The van der Waals surface area contributed by atoms with Crippen LogP contribution in [0.5, 0.6) is 0 Å². The second kappa shape index (κ2) is 6.18. The molecule has 2 aliphatic rings. The van der Waals surface area contributed by atoms with Crippen molar-refractivity contribution in [2.24, 2.45) is 11.8 Å². The lowest BCUT2D eigenvalue weighted by Gasteiger charge is -2.22. The molecule has 0 N–H and O–H groups in total. The number of halogens is 1. The molecule has 2 fully saturated rings. The van der Waals surface area contributed by atoms with E-state index in [2.05, 4.69) is 0 Å². The first-order valence-electron chi connectivity index (χ1n) is 7.67. The normalized spacial score (nSPS) is 29.2. The number of ketones is 1. The molecule has 0 unspecified atom stereocenters. The van der Waals surface area contributed by atoms with Crippen LogP contribution < -0.4 is 0 Å². The number of esters is 1. The van der Waals surface area contributed by atoms with Gasteiger partial charge in [-0.05, 0) is 43.5 Å². The maximum Gasteiger partial charge on any atom is 0.317 e. The number of rotatable bonds is 2. The maximum absolute atomic E-state index is 12.7. The van der Waals surface area contributed by atoms with Gasteiger partial charge in [0.15, 0.2) is 5.78 Å². The summed E-state index contributed by atoms with van der Waals surface area (Å²) in [6.45, 7) is 0. The van der Waals surface area contributed by atoms with E-state index in [-0.39, 0.29) is 23.8 Å². The average molecular weight is 307 g/mol. The predicted molar refractivity (Wildman–Crippen MR) is 80.3 cm³/mol. The number of carbonyl (C=O) groups is 2. The quantitative estimate of drug-likeness (QED) is 0.470. The van der Waals surface area contributed by atoms with Crippen LogP contribution in [-0.2, 0) is 9.53 Å². The van der Waals surface area contributed by atoms with Gasteiger partial charge < -0.3 is 4.74 Å². The topological polar surface area (TPSA) is 43.4 Å². The monoisotopic (exact) mass is 306 g/mol. The first-order valence-corrected chi connectivity index (χ1v) is 8.05. The molecule has 1 saturated heterocycles. The van der Waals surface area contributed by atoms with Gasteiger partial charge >= 0.3 is 5.97 Å². The lowest BCUT2D eigenvalue weighted by Crippen LogP contribution is -2.28. The number of benzene rings is 1. The summed E-state index contributed by atoms with van der Waals surface area (Å²) in [5, 5.41) is 0.587. The Bertz CT molecular complexity index is 537. The van der Waals surface area contributed by atoms with Crippen molar-refractivity contribution < 1.29 is 14.3 Å². The van der Waals surface area contributed by atoms with Gasteiger partial charge in [0.2, 0.25) is 0 Å². The molecule has 0 radical (unpaired) electrons. The average Bonchev–Trinajstić information content (AvgIpc) is 2.74. The summed E-state index contributed by atoms with van der Waals surface area (Å²) in [5.41, 5.74) is 0.545. The van der Waals surface area contributed by atoms with E-state index in [9.17, 15) is 9.59 Å². The van der Waals surface area contributed by atoms with Gasteiger partial charge in [0.1, 0.15) is 12.0 Å². The Morgan fingerprint density at radius 1 is 1.05 bits per heavy atom. The summed E-state index contributed by atoms with van der Waals surface area (Å²) in [5.74, 6) is -1.05. The lowest BCUT2D eigenvalue weighted by atomic mass is 9.79. The largest absolute Gasteiger partial charge is 0.461 e. The summed E-state index contributed by atoms with van der Waals surface area (Å²) in [6.07, 6.45) is 6.24. The summed E-state index contributed by atoms with van der Waals surface area (Å²) in [6, 6.07) is 6.75. The molecule has 0 aromatic heterocycles. The summed E-state index contributed by atoms with van der Waals surface area (Å²) in [7, 11) is 0. The molecular formula is C17H19ClO3. The van der Waals surface area contributed by atoms with E-state index < -0.39 is 5.92 Å². The van der Waals surface area contributed by atoms with Crippen LogP contribution >= 0.6 is 11.6 Å². The zero-order chi connectivity index (χ0) is 14.8. The Balaban J connectivity index is 1.83. The molecule has 3 atom stereocenters. The Kier molecular flexibility index (Phi) is 4.29. The molecule has 1 aliphatic carbocycles. The van der Waals surface area contributed by atoms with Gasteiger partial charge in [-0.15, -0.1) is 0 Å². The number of carbonyl (C=O) groups excluding carboxylic acids is 2. The van der Waals surface area contributed by atoms with Crippen molar-refractivity contribution in [3.8, 4) is 0 Å². The zero-order valence-electron chi connectivity index (χ0n) is 11.9. The fourth-order valence-electron chi connectivity index (χ4n) is 3.50. The van der Waals surface area contributed by atoms with Crippen molar-refractivity contribution in [1.29, 1.82) is 0 Å². The molecule has 0 amide bonds. The summed E-state index contributed by atoms with van der Waals surface area (Å²) < 4.78 is 5.49. The number of hydrogen-bond acceptors (Lipinski definition) is 3. The molecule has 1 aromatic carbocycles. The van der Waals surface area contributed by atoms with Crippen LogP contribution in [0.2, 0.25) is 5.02 Å². The molecule has 1 aromatic rings. The molecule has 3 rings (SSSR count). The second-order valence-electron chi connectivity index (χ2n) is 5.98. The van der Waals surface area contributed by atoms with Crippen LogP contribution in [0.4, 0.5) is 0 Å². The third-order valence-electron chi connectivity index (χ3n) is 4.61. The first-order chi connectivity index (χ1) is 10.2. The summed E-state index contributed by atoms with van der Waals surface area (Å²) >= 11 is 5.85. The van der Waals surface area contributed by atoms with Crippen LogP contribution in [0.1, 0.15) is 48.9 Å². The maximum atomic E-state index is 12.7. The summed E-state index contributed by atoms with van der Waals surface area (Å²) in [4.78, 5) is 24.9. The molecule has 21 heavy (non-hydrogen) atoms. The molecule has 3 nitrogen and oxygen atoms in total. The molecule has 1 saturated carbocycles. The fraction of sp³-hybridized carbons (Fsp3) is 0.529. The lowest BCUT2D eigenvalue weighted by molar-refractivity contribution is -0.143. The molecule has 1 aliphatic heterocycles. The molecule has 0 bridgehead atoms. The van der Waals surface area contributed by atoms with Gasteiger partial charge in [-0.25, -0.2) is 0 Å². The van der Waals surface area contributed by atoms with E-state index in [4.69, 9.17) is 16.3 Å². The Morgan fingerprint density at radius 2 is 1.71 bits per heavy atom. The molecule has 4 heteroatoms. The van der Waals surface area contributed by atoms with Crippen LogP contribution in [0.3, 0.4) is 0 Å². The van der Waals surface area contributed by atoms with Crippen molar-refractivity contribution in [2.75, 3.05) is 0 Å². The van der Waals surface area contributed by atoms with Crippen molar-refractivity contribution in [3.63, 3.8) is 0 Å². The SMILES string of the molecule is O=C1O[C@@H]2CCCCCC[C@H]2[C@@H]1C(=O)c1ccc(Cl)cc1. The molecular weight excluding hydrogens is 288 g/mol. The van der Waals surface area contributed by atoms with Gasteiger partial charge in [0.05, 0.1) is 0 Å². The van der Waals surface area contributed by atoms with Gasteiger partial charge in [0, 0.05) is 16.5 Å². The fourth-order valence-corrected chi connectivity index (χ4v) is 3.63. The number of fused-ring (bicyclic) bond motifs is 1. The van der Waals surface area contributed by atoms with Gasteiger partial charge in [-0.1, -0.05) is 30.9 Å². The molecule has 0 spiro atoms. The van der Waals surface area contributed by atoms with Crippen molar-refractivity contribution >= 4 is 23.4 Å². The second-order valence-corrected chi connectivity index (χ2v) is 6.42. The number of Topliss-reactive ketones (excluding diaryl/α,β-unsaturated/α-hetero) is 1. The van der Waals surface area contributed by atoms with E-state index in [0.29, 0.717) is 10.6 Å². The van der Waals surface area contributed by atoms with E-state index in [1.807, 2.05) is 0 Å². The van der Waals surface area contributed by atoms with Crippen LogP contribution in [0.15, 0.2) is 24.3 Å². The number of ether oxygens (including phenoxy) is 1. The van der Waals surface area contributed by atoms with Gasteiger partial charge in [0.25, 0.3) is 0 Å². The zero-order valence-corrected chi connectivity index (χ0v) is 12.6. The minimum absolute atomic E-state index is 0.0426. The number of hydrogen-bond donors (Lipinski definition) is 0. The Labute approximate surface area is 129 Å². The molecule has 112 valence electrons. The van der Waals surface area contributed by atoms with Crippen LogP contribution in [0, 0.1) is 11.8 Å². The van der Waals surface area contributed by atoms with Crippen LogP contribution in [-0.4, -0.2) is 17.9 Å². The third kappa shape index (κ3) is 2.98. The van der Waals surface area contributed by atoms with E-state index in [0.717, 1.165) is 25.7 Å². The van der Waals surface area contributed by atoms with Crippen molar-refractivity contribution in [1.82, 2.24) is 0 Å². The highest BCUT2D eigenvalue weighted by Crippen LogP contribution is 2.38. The minimum Gasteiger partial charge on any atom is -0.461 e. The Hall–Kier alpha value is -1.35. The highest BCUT2D eigenvalue weighted by molar-refractivity contribution is 6.30. The van der Waals surface area contributed by atoms with E-state index >= 15 is 0 Å². The van der Waals surface area contributed by atoms with E-state index in [1.54, 1.807) is 24.3 Å². The standard InChI is InChI=1S/C17H19ClO3/c18-12-9-7-11(8-10-12)16(19)15-13-5-3-1-2-4-6-14(13)21-17(15)20/h7-10,13-15H,1-6H2/t13-,14-,15-/m1/s1. The highest BCUT2D eigenvalue weighted by Gasteiger charge is 2.48. The Morgan fingerprint density at radius 3 is 2.43 bits per heavy atom. The van der Waals surface area contributed by atoms with E-state index in [1.165, 1.54) is 12.8 Å². The third-order valence-corrected chi connectivity index (χ3v) is 4.87.